The summed E-state index contributed by atoms with van der Waals surface area (Å²) < 4.78 is 32.7. The number of halogens is 1. The van der Waals surface area contributed by atoms with Crippen molar-refractivity contribution in [2.24, 2.45) is 10.8 Å². The minimum Gasteiger partial charge on any atom is -0.496 e. The lowest BCUT2D eigenvalue weighted by Gasteiger charge is -2.38. The Kier molecular flexibility index (Phi) is 10.4. The van der Waals surface area contributed by atoms with Gasteiger partial charge >= 0.3 is 5.97 Å². The summed E-state index contributed by atoms with van der Waals surface area (Å²) in [6.45, 7) is 8.64. The highest BCUT2D eigenvalue weighted by Crippen LogP contribution is 2.41. The minimum atomic E-state index is -0.695. The van der Waals surface area contributed by atoms with E-state index in [1.807, 2.05) is 63.2 Å². The van der Waals surface area contributed by atoms with Gasteiger partial charge in [-0.25, -0.2) is 4.39 Å². The van der Waals surface area contributed by atoms with Gasteiger partial charge in [0.15, 0.2) is 11.6 Å². The van der Waals surface area contributed by atoms with Gasteiger partial charge in [0.25, 0.3) is 11.8 Å². The van der Waals surface area contributed by atoms with Gasteiger partial charge in [-0.15, -0.1) is 0 Å². The van der Waals surface area contributed by atoms with E-state index in [1.165, 1.54) is 13.2 Å². The summed E-state index contributed by atoms with van der Waals surface area (Å²) in [6.07, 6.45) is 4.96. The van der Waals surface area contributed by atoms with Crippen molar-refractivity contribution in [1.29, 1.82) is 0 Å². The van der Waals surface area contributed by atoms with Gasteiger partial charge in [-0.1, -0.05) is 55.8 Å². The molecule has 4 aromatic rings. The second-order valence-corrected chi connectivity index (χ2v) is 14.9. The van der Waals surface area contributed by atoms with E-state index in [9.17, 15) is 14.4 Å². The van der Waals surface area contributed by atoms with Crippen molar-refractivity contribution in [3.05, 3.63) is 100 Å². The molecule has 0 radical (unpaired) electrons. The van der Waals surface area contributed by atoms with E-state index in [2.05, 4.69) is 17.6 Å². The molecule has 2 aliphatic rings. The van der Waals surface area contributed by atoms with Gasteiger partial charge in [0.2, 0.25) is 0 Å². The molecule has 2 fully saturated rings. The van der Waals surface area contributed by atoms with Crippen LogP contribution in [0.5, 0.6) is 11.5 Å². The van der Waals surface area contributed by atoms with Crippen molar-refractivity contribution >= 4 is 34.2 Å². The number of carbonyl (C=O) groups is 3. The highest BCUT2D eigenvalue weighted by molar-refractivity contribution is 6.10. The number of nitrogens with one attached hydrogen (secondary N) is 2. The third-order valence-electron chi connectivity index (χ3n) is 10.9. The van der Waals surface area contributed by atoms with Gasteiger partial charge in [0, 0.05) is 12.6 Å². The zero-order chi connectivity index (χ0) is 36.3. The van der Waals surface area contributed by atoms with Crippen molar-refractivity contribution in [2.45, 2.75) is 85.4 Å². The molecular weight excluding hydrogens is 647 g/mol. The standard InChI is InChI=1S/C42H47FN2O6/c1-26-20-32(38(46)44-25-41(3)16-9-17-41)35(21-27(26)2)45-39(47)33-22-37(34(43)23-36(33)49-5)51-30-14-18-42(4,19-15-30)40(48)50-24-29-12-8-11-28-10-6-7-13-31(28)29/h6-8,10-13,20-23,30H,9,14-19,24-25H2,1-5H3,(H,44,46)(H,45,47)/t30-,42+. The van der Waals surface area contributed by atoms with E-state index in [0.29, 0.717) is 43.5 Å². The molecule has 0 spiro atoms. The molecule has 0 aromatic heterocycles. The van der Waals surface area contributed by atoms with E-state index in [4.69, 9.17) is 14.2 Å². The topological polar surface area (TPSA) is 103 Å². The van der Waals surface area contributed by atoms with Crippen LogP contribution in [0.25, 0.3) is 10.8 Å². The molecule has 268 valence electrons. The molecule has 8 nitrogen and oxygen atoms in total. The Morgan fingerprint density at radius 2 is 1.55 bits per heavy atom. The Balaban J connectivity index is 1.11. The van der Waals surface area contributed by atoms with Crippen LogP contribution in [0.2, 0.25) is 0 Å². The molecule has 0 atom stereocenters. The molecule has 0 unspecified atom stereocenters. The number of rotatable bonds is 11. The van der Waals surface area contributed by atoms with Crippen LogP contribution >= 0.6 is 0 Å². The third kappa shape index (κ3) is 7.87. The molecule has 2 amide bonds. The highest BCUT2D eigenvalue weighted by Gasteiger charge is 2.40. The molecule has 6 rings (SSSR count). The monoisotopic (exact) mass is 694 g/mol. The maximum Gasteiger partial charge on any atom is 0.312 e. The van der Waals surface area contributed by atoms with Gasteiger partial charge in [0.1, 0.15) is 12.4 Å². The number of methoxy groups -OCH3 is 1. The van der Waals surface area contributed by atoms with Gasteiger partial charge < -0.3 is 24.8 Å². The van der Waals surface area contributed by atoms with Crippen molar-refractivity contribution in [2.75, 3.05) is 19.0 Å². The molecule has 0 heterocycles. The van der Waals surface area contributed by atoms with Crippen LogP contribution in [-0.4, -0.2) is 37.5 Å². The molecule has 0 saturated heterocycles. The van der Waals surface area contributed by atoms with E-state index < -0.39 is 17.1 Å². The molecule has 0 aliphatic heterocycles. The summed E-state index contributed by atoms with van der Waals surface area (Å²) in [5.74, 6) is -1.80. The predicted octanol–water partition coefficient (Wildman–Crippen LogP) is 8.85. The molecule has 9 heteroatoms. The number of carbonyl (C=O) groups excluding carboxylic acids is 3. The largest absolute Gasteiger partial charge is 0.496 e. The molecule has 2 aliphatic carbocycles. The number of fused-ring (bicyclic) bond motifs is 1. The number of ether oxygens (including phenoxy) is 3. The zero-order valence-electron chi connectivity index (χ0n) is 30.1. The van der Waals surface area contributed by atoms with Crippen LogP contribution in [0, 0.1) is 30.5 Å². The first kappa shape index (κ1) is 35.9. The normalized spacial score (nSPS) is 19.5. The fourth-order valence-corrected chi connectivity index (χ4v) is 7.08. The summed E-state index contributed by atoms with van der Waals surface area (Å²) in [5.41, 5.74) is 2.95. The number of aryl methyl sites for hydroxylation is 2. The molecule has 2 N–H and O–H groups in total. The van der Waals surface area contributed by atoms with Crippen LogP contribution in [0.3, 0.4) is 0 Å². The van der Waals surface area contributed by atoms with Crippen molar-refractivity contribution in [3.8, 4) is 11.5 Å². The Morgan fingerprint density at radius 3 is 2.25 bits per heavy atom. The Bertz CT molecular complexity index is 1960. The highest BCUT2D eigenvalue weighted by atomic mass is 19.1. The second-order valence-electron chi connectivity index (χ2n) is 14.9. The first-order valence-corrected chi connectivity index (χ1v) is 17.8. The predicted molar refractivity (Wildman–Crippen MR) is 196 cm³/mol. The fourth-order valence-electron chi connectivity index (χ4n) is 7.08. The maximum absolute atomic E-state index is 15.3. The number of hydrogen-bond donors (Lipinski definition) is 2. The lowest BCUT2D eigenvalue weighted by atomic mass is 9.70. The van der Waals surface area contributed by atoms with E-state index >= 15 is 4.39 Å². The van der Waals surface area contributed by atoms with Gasteiger partial charge in [-0.05, 0) is 110 Å². The van der Waals surface area contributed by atoms with Gasteiger partial charge in [-0.3, -0.25) is 14.4 Å². The van der Waals surface area contributed by atoms with Crippen molar-refractivity contribution in [3.63, 3.8) is 0 Å². The van der Waals surface area contributed by atoms with Crippen LogP contribution in [0.4, 0.5) is 10.1 Å². The zero-order valence-corrected chi connectivity index (χ0v) is 30.1. The Labute approximate surface area is 299 Å². The van der Waals surface area contributed by atoms with E-state index in [0.717, 1.165) is 52.8 Å². The Morgan fingerprint density at radius 1 is 0.843 bits per heavy atom. The smallest absolute Gasteiger partial charge is 0.312 e. The Hall–Kier alpha value is -4.92. The SMILES string of the molecule is COc1cc(F)c(O[C@H]2CC[C@@](C)(C(=O)OCc3cccc4ccccc34)CC2)cc1C(=O)Nc1cc(C)c(C)cc1C(=O)NCC1(C)CCC1. The molecule has 51 heavy (non-hydrogen) atoms. The van der Waals surface area contributed by atoms with E-state index in [1.54, 1.807) is 12.1 Å². The third-order valence-corrected chi connectivity index (χ3v) is 10.9. The summed E-state index contributed by atoms with van der Waals surface area (Å²) in [5, 5.41) is 8.06. The lowest BCUT2D eigenvalue weighted by molar-refractivity contribution is -0.159. The van der Waals surface area contributed by atoms with Crippen LogP contribution in [0.1, 0.15) is 96.2 Å². The number of anilines is 1. The van der Waals surface area contributed by atoms with Crippen LogP contribution in [-0.2, 0) is 16.1 Å². The molecular formula is C42H47FN2O6. The number of benzene rings is 4. The first-order valence-electron chi connectivity index (χ1n) is 17.8. The minimum absolute atomic E-state index is 0.0373. The summed E-state index contributed by atoms with van der Waals surface area (Å²) in [7, 11) is 1.36. The summed E-state index contributed by atoms with van der Waals surface area (Å²) in [4.78, 5) is 40.4. The van der Waals surface area contributed by atoms with Crippen LogP contribution in [0.15, 0.2) is 66.7 Å². The second kappa shape index (κ2) is 14.7. The van der Waals surface area contributed by atoms with E-state index in [-0.39, 0.29) is 47.1 Å². The number of amides is 2. The molecule has 4 aromatic carbocycles. The quantitative estimate of drug-likeness (QED) is 0.152. The van der Waals surface area contributed by atoms with Gasteiger partial charge in [0.05, 0.1) is 35.4 Å². The molecule has 2 saturated carbocycles. The van der Waals surface area contributed by atoms with Crippen LogP contribution < -0.4 is 20.1 Å². The molecule has 0 bridgehead atoms. The van der Waals surface area contributed by atoms with Crippen molar-refractivity contribution < 1.29 is 33.0 Å². The summed E-state index contributed by atoms with van der Waals surface area (Å²) >= 11 is 0. The van der Waals surface area contributed by atoms with Crippen molar-refractivity contribution in [1.82, 2.24) is 5.32 Å². The fraction of sp³-hybridized carbons (Fsp3) is 0.405. The number of esters is 1. The average Bonchev–Trinajstić information content (AvgIpc) is 3.11. The summed E-state index contributed by atoms with van der Waals surface area (Å²) in [6, 6.07) is 20.0. The lowest BCUT2D eigenvalue weighted by Crippen LogP contribution is -2.40. The first-order chi connectivity index (χ1) is 24.4. The maximum atomic E-state index is 15.3. The van der Waals surface area contributed by atoms with Gasteiger partial charge in [-0.2, -0.15) is 0 Å². The average molecular weight is 695 g/mol. The number of hydrogen-bond acceptors (Lipinski definition) is 6.